The zero-order chi connectivity index (χ0) is 25.1. The van der Waals surface area contributed by atoms with Crippen molar-refractivity contribution in [2.24, 2.45) is 0 Å². The molecule has 2 heterocycles. The van der Waals surface area contributed by atoms with Gasteiger partial charge in [-0.1, -0.05) is 18.2 Å². The van der Waals surface area contributed by atoms with Crippen molar-refractivity contribution in [1.29, 1.82) is 0 Å². The highest BCUT2D eigenvalue weighted by Crippen LogP contribution is 2.34. The van der Waals surface area contributed by atoms with Crippen LogP contribution in [0.15, 0.2) is 66.9 Å². The summed E-state index contributed by atoms with van der Waals surface area (Å²) >= 11 is 0. The summed E-state index contributed by atoms with van der Waals surface area (Å²) in [7, 11) is 5.36. The highest BCUT2D eigenvalue weighted by atomic mass is 19.1. The van der Waals surface area contributed by atoms with E-state index in [4.69, 9.17) is 9.47 Å². The molecule has 186 valence electrons. The van der Waals surface area contributed by atoms with Gasteiger partial charge in [-0.05, 0) is 54.6 Å². The van der Waals surface area contributed by atoms with E-state index >= 15 is 4.39 Å². The summed E-state index contributed by atoms with van der Waals surface area (Å²) in [5, 5.41) is 4.35. The van der Waals surface area contributed by atoms with Gasteiger partial charge < -0.3 is 19.7 Å². The van der Waals surface area contributed by atoms with E-state index in [0.717, 1.165) is 66.1 Å². The number of nitrogens with one attached hydrogen (secondary N) is 1. The fourth-order valence-corrected chi connectivity index (χ4v) is 4.65. The van der Waals surface area contributed by atoms with E-state index < -0.39 is 0 Å². The number of aromatic nitrogens is 1. The van der Waals surface area contributed by atoms with Gasteiger partial charge in [0.15, 0.2) is 11.5 Å². The molecule has 1 aliphatic rings. The van der Waals surface area contributed by atoms with Crippen LogP contribution in [-0.2, 0) is 6.54 Å². The Bertz CT molecular complexity index is 1370. The average molecular weight is 487 g/mol. The molecule has 0 bridgehead atoms. The standard InChI is InChI=1S/C29H31FN4O2/c1-33-12-14-34(15-13-33)19-20-4-7-23(25(30)16-20)21-5-8-26-24(17-21)27(10-11-31-26)32-22-6-9-28(35-2)29(18-22)36-3/h4-11,16-18H,12-15,19H2,1-3H3,(H,31,32). The van der Waals surface area contributed by atoms with Gasteiger partial charge in [0, 0.05) is 67.3 Å². The van der Waals surface area contributed by atoms with E-state index in [1.807, 2.05) is 54.6 Å². The van der Waals surface area contributed by atoms with Gasteiger partial charge in [0.2, 0.25) is 0 Å². The molecule has 6 nitrogen and oxygen atoms in total. The topological polar surface area (TPSA) is 49.9 Å². The smallest absolute Gasteiger partial charge is 0.162 e. The minimum atomic E-state index is -0.209. The molecular weight excluding hydrogens is 455 g/mol. The first-order chi connectivity index (χ1) is 17.5. The van der Waals surface area contributed by atoms with Gasteiger partial charge in [0.25, 0.3) is 0 Å². The van der Waals surface area contributed by atoms with Crippen molar-refractivity contribution in [3.8, 4) is 22.6 Å². The van der Waals surface area contributed by atoms with Gasteiger partial charge in [-0.2, -0.15) is 0 Å². The number of methoxy groups -OCH3 is 2. The Labute approximate surface area is 211 Å². The van der Waals surface area contributed by atoms with Crippen LogP contribution in [0, 0.1) is 5.82 Å². The van der Waals surface area contributed by atoms with Crippen LogP contribution >= 0.6 is 0 Å². The number of nitrogens with zero attached hydrogens (tertiary/aromatic N) is 3. The fourth-order valence-electron chi connectivity index (χ4n) is 4.65. The van der Waals surface area contributed by atoms with Crippen molar-refractivity contribution < 1.29 is 13.9 Å². The largest absolute Gasteiger partial charge is 0.493 e. The molecule has 0 radical (unpaired) electrons. The van der Waals surface area contributed by atoms with Crippen LogP contribution in [0.2, 0.25) is 0 Å². The van der Waals surface area contributed by atoms with Crippen LogP contribution in [0.3, 0.4) is 0 Å². The fraction of sp³-hybridized carbons (Fsp3) is 0.276. The third kappa shape index (κ3) is 5.12. The number of rotatable bonds is 7. The minimum Gasteiger partial charge on any atom is -0.493 e. The van der Waals surface area contributed by atoms with Crippen molar-refractivity contribution in [3.05, 3.63) is 78.2 Å². The molecule has 1 N–H and O–H groups in total. The van der Waals surface area contributed by atoms with Crippen LogP contribution in [0.1, 0.15) is 5.56 Å². The molecule has 3 aromatic carbocycles. The maximum atomic E-state index is 15.3. The van der Waals surface area contributed by atoms with Crippen molar-refractivity contribution in [3.63, 3.8) is 0 Å². The SMILES string of the molecule is COc1ccc(Nc2ccnc3ccc(-c4ccc(CN5CCN(C)CC5)cc4F)cc23)cc1OC. The molecule has 1 saturated heterocycles. The predicted octanol–water partition coefficient (Wildman–Crippen LogP) is 5.55. The first-order valence-corrected chi connectivity index (χ1v) is 12.1. The normalized spacial score (nSPS) is 14.7. The second kappa shape index (κ2) is 10.5. The van der Waals surface area contributed by atoms with Gasteiger partial charge in [0.1, 0.15) is 5.82 Å². The molecule has 4 aromatic rings. The molecule has 1 aromatic heterocycles. The molecule has 0 atom stereocenters. The van der Waals surface area contributed by atoms with Crippen LogP contribution in [0.4, 0.5) is 15.8 Å². The molecule has 5 rings (SSSR count). The van der Waals surface area contributed by atoms with Crippen molar-refractivity contribution in [1.82, 2.24) is 14.8 Å². The van der Waals surface area contributed by atoms with Crippen LogP contribution in [-0.4, -0.2) is 62.2 Å². The van der Waals surface area contributed by atoms with Crippen molar-refractivity contribution in [2.45, 2.75) is 6.54 Å². The molecule has 0 unspecified atom stereocenters. The summed E-state index contributed by atoms with van der Waals surface area (Å²) in [4.78, 5) is 9.20. The van der Waals surface area contributed by atoms with Crippen LogP contribution in [0.25, 0.3) is 22.0 Å². The lowest BCUT2D eigenvalue weighted by Crippen LogP contribution is -2.43. The molecule has 0 saturated carbocycles. The minimum absolute atomic E-state index is 0.209. The number of fused-ring (bicyclic) bond motifs is 1. The van der Waals surface area contributed by atoms with Gasteiger partial charge >= 0.3 is 0 Å². The second-order valence-electron chi connectivity index (χ2n) is 9.18. The number of likely N-dealkylation sites (N-methyl/N-ethyl adjacent to an activating group) is 1. The number of hydrogen-bond acceptors (Lipinski definition) is 6. The van der Waals surface area contributed by atoms with Crippen molar-refractivity contribution >= 4 is 22.3 Å². The lowest BCUT2D eigenvalue weighted by Gasteiger charge is -2.32. The maximum Gasteiger partial charge on any atom is 0.162 e. The van der Waals surface area contributed by atoms with Gasteiger partial charge in [0.05, 0.1) is 19.7 Å². The highest BCUT2D eigenvalue weighted by molar-refractivity contribution is 5.95. The summed E-state index contributed by atoms with van der Waals surface area (Å²) < 4.78 is 26.0. The Balaban J connectivity index is 1.42. The number of halogens is 1. The second-order valence-corrected chi connectivity index (χ2v) is 9.18. The number of benzene rings is 3. The van der Waals surface area contributed by atoms with Crippen LogP contribution < -0.4 is 14.8 Å². The van der Waals surface area contributed by atoms with E-state index in [1.165, 1.54) is 0 Å². The zero-order valence-electron chi connectivity index (χ0n) is 20.9. The number of piperazine rings is 1. The van der Waals surface area contributed by atoms with E-state index in [2.05, 4.69) is 27.1 Å². The summed E-state index contributed by atoms with van der Waals surface area (Å²) in [6.07, 6.45) is 1.76. The molecular formula is C29H31FN4O2. The van der Waals surface area contributed by atoms with E-state index in [0.29, 0.717) is 17.1 Å². The Kier molecular flexibility index (Phi) is 7.02. The maximum absolute atomic E-state index is 15.3. The summed E-state index contributed by atoms with van der Waals surface area (Å²) in [6.45, 7) is 4.88. The molecule has 0 spiro atoms. The Morgan fingerprint density at radius 2 is 1.69 bits per heavy atom. The first kappa shape index (κ1) is 24.0. The van der Waals surface area contributed by atoms with E-state index in [-0.39, 0.29) is 5.82 Å². The number of hydrogen-bond donors (Lipinski definition) is 1. The third-order valence-electron chi connectivity index (χ3n) is 6.75. The molecule has 1 fully saturated rings. The zero-order valence-corrected chi connectivity index (χ0v) is 20.9. The molecule has 0 aliphatic carbocycles. The highest BCUT2D eigenvalue weighted by Gasteiger charge is 2.15. The summed E-state index contributed by atoms with van der Waals surface area (Å²) in [6, 6.07) is 19.0. The number of anilines is 2. The van der Waals surface area contributed by atoms with Gasteiger partial charge in [-0.15, -0.1) is 0 Å². The Morgan fingerprint density at radius 1 is 0.889 bits per heavy atom. The number of pyridine rings is 1. The number of ether oxygens (including phenoxy) is 2. The predicted molar refractivity (Wildman–Crippen MR) is 143 cm³/mol. The summed E-state index contributed by atoms with van der Waals surface area (Å²) in [5.74, 6) is 1.09. The summed E-state index contributed by atoms with van der Waals surface area (Å²) in [5.41, 5.74) is 4.95. The lowest BCUT2D eigenvalue weighted by molar-refractivity contribution is 0.148. The molecule has 1 aliphatic heterocycles. The van der Waals surface area contributed by atoms with E-state index in [9.17, 15) is 0 Å². The lowest BCUT2D eigenvalue weighted by atomic mass is 10.0. The Morgan fingerprint density at radius 3 is 2.44 bits per heavy atom. The van der Waals surface area contributed by atoms with Gasteiger partial charge in [-0.25, -0.2) is 4.39 Å². The van der Waals surface area contributed by atoms with Crippen LogP contribution in [0.5, 0.6) is 11.5 Å². The first-order valence-electron chi connectivity index (χ1n) is 12.1. The molecule has 36 heavy (non-hydrogen) atoms. The average Bonchev–Trinajstić information content (AvgIpc) is 2.90. The van der Waals surface area contributed by atoms with E-state index in [1.54, 1.807) is 26.5 Å². The van der Waals surface area contributed by atoms with Gasteiger partial charge in [-0.3, -0.25) is 9.88 Å². The third-order valence-corrected chi connectivity index (χ3v) is 6.75. The monoisotopic (exact) mass is 486 g/mol. The quantitative estimate of drug-likeness (QED) is 0.370. The molecule has 0 amide bonds. The molecule has 7 heteroatoms. The van der Waals surface area contributed by atoms with Crippen molar-refractivity contribution in [2.75, 3.05) is 52.8 Å². The Hall–Kier alpha value is -3.68.